The quantitative estimate of drug-likeness (QED) is 0.613. The van der Waals surface area contributed by atoms with Crippen molar-refractivity contribution in [2.75, 3.05) is 11.9 Å². The van der Waals surface area contributed by atoms with Crippen molar-refractivity contribution in [3.05, 3.63) is 71.1 Å². The minimum atomic E-state index is -1.04. The average molecular weight is 458 g/mol. The molecule has 2 N–H and O–H groups in total. The molecule has 0 saturated heterocycles. The van der Waals surface area contributed by atoms with E-state index in [9.17, 15) is 13.6 Å². The molecule has 1 amide bonds. The van der Waals surface area contributed by atoms with Gasteiger partial charge < -0.3 is 15.5 Å². The molecule has 32 heavy (non-hydrogen) atoms. The highest BCUT2D eigenvalue weighted by Gasteiger charge is 2.31. The van der Waals surface area contributed by atoms with E-state index < -0.39 is 11.4 Å². The molecule has 0 radical (unpaired) electrons. The van der Waals surface area contributed by atoms with Gasteiger partial charge in [-0.2, -0.15) is 0 Å². The number of rotatable bonds is 4. The molecule has 0 bridgehead atoms. The van der Waals surface area contributed by atoms with Crippen LogP contribution in [0.25, 0.3) is 17.5 Å². The molecular weight excluding hydrogens is 436 g/mol. The second-order valence-corrected chi connectivity index (χ2v) is 8.59. The molecule has 0 atom stereocenters. The molecule has 0 saturated carbocycles. The van der Waals surface area contributed by atoms with Gasteiger partial charge in [-0.1, -0.05) is 11.6 Å². The van der Waals surface area contributed by atoms with Gasteiger partial charge in [-0.15, -0.1) is 0 Å². The predicted molar refractivity (Wildman–Crippen MR) is 121 cm³/mol. The smallest absolute Gasteiger partial charge is 0.246 e. The van der Waals surface area contributed by atoms with Crippen molar-refractivity contribution in [3.63, 3.8) is 0 Å². The van der Waals surface area contributed by atoms with Gasteiger partial charge in [-0.25, -0.2) is 13.8 Å². The van der Waals surface area contributed by atoms with E-state index in [1.165, 1.54) is 29.2 Å². The summed E-state index contributed by atoms with van der Waals surface area (Å²) >= 11 is 5.84. The third kappa shape index (κ3) is 3.99. The molecule has 1 aliphatic heterocycles. The zero-order chi connectivity index (χ0) is 23.2. The fraction of sp³-hybridized carbons (Fsp3) is 0.217. The standard InChI is InChI=1S/C23H22ClF2N5O/c1-23(2,27)22(32)30-10-11-31-19(13-30)28-20(14-4-6-15(25)7-5-14)21(31)29(3)16-8-9-17(24)18(26)12-16/h4-12H,13,27H2,1-3H3. The Bertz CT molecular complexity index is 1210. The molecule has 0 aliphatic carbocycles. The first kappa shape index (κ1) is 22.0. The Kier molecular flexibility index (Phi) is 5.52. The van der Waals surface area contributed by atoms with Crippen LogP contribution in [0, 0.1) is 11.6 Å². The minimum absolute atomic E-state index is 0.0228. The van der Waals surface area contributed by atoms with Crippen LogP contribution in [0.2, 0.25) is 5.02 Å². The Morgan fingerprint density at radius 1 is 1.16 bits per heavy atom. The van der Waals surface area contributed by atoms with Crippen molar-refractivity contribution >= 4 is 35.2 Å². The Hall–Kier alpha value is -3.23. The molecule has 1 aliphatic rings. The van der Waals surface area contributed by atoms with Crippen molar-refractivity contribution < 1.29 is 13.6 Å². The van der Waals surface area contributed by atoms with Gasteiger partial charge in [0.1, 0.15) is 29.0 Å². The largest absolute Gasteiger partial charge is 0.329 e. The number of nitrogens with two attached hydrogens (primary N) is 1. The summed E-state index contributed by atoms with van der Waals surface area (Å²) in [6.45, 7) is 3.48. The van der Waals surface area contributed by atoms with Crippen LogP contribution in [0.15, 0.2) is 48.7 Å². The number of carbonyl (C=O) groups is 1. The Balaban J connectivity index is 1.83. The maximum atomic E-state index is 14.1. The summed E-state index contributed by atoms with van der Waals surface area (Å²) in [4.78, 5) is 20.7. The van der Waals surface area contributed by atoms with Gasteiger partial charge in [0.15, 0.2) is 0 Å². The fourth-order valence-corrected chi connectivity index (χ4v) is 3.65. The van der Waals surface area contributed by atoms with Crippen LogP contribution in [0.4, 0.5) is 20.3 Å². The highest BCUT2D eigenvalue weighted by molar-refractivity contribution is 6.30. The molecule has 2 aromatic carbocycles. The van der Waals surface area contributed by atoms with Crippen LogP contribution in [0.1, 0.15) is 19.7 Å². The first-order valence-corrected chi connectivity index (χ1v) is 10.3. The lowest BCUT2D eigenvalue weighted by atomic mass is 10.1. The van der Waals surface area contributed by atoms with E-state index in [-0.39, 0.29) is 23.3 Å². The third-order valence-corrected chi connectivity index (χ3v) is 5.51. The van der Waals surface area contributed by atoms with E-state index in [1.54, 1.807) is 56.4 Å². The molecule has 1 aromatic heterocycles. The first-order valence-electron chi connectivity index (χ1n) is 9.90. The minimum Gasteiger partial charge on any atom is -0.329 e. The molecule has 0 fully saturated rings. The number of benzene rings is 2. The number of hydrogen-bond acceptors (Lipinski definition) is 4. The normalized spacial score (nSPS) is 13.3. The van der Waals surface area contributed by atoms with Gasteiger partial charge in [0.25, 0.3) is 0 Å². The number of aromatic nitrogens is 2. The number of fused-ring (bicyclic) bond motifs is 1. The second-order valence-electron chi connectivity index (χ2n) is 8.19. The summed E-state index contributed by atoms with van der Waals surface area (Å²) < 4.78 is 29.5. The summed E-state index contributed by atoms with van der Waals surface area (Å²) in [5.41, 5.74) is 6.72. The van der Waals surface area contributed by atoms with Gasteiger partial charge in [-0.3, -0.25) is 9.36 Å². The number of carbonyl (C=O) groups excluding carboxylic acids is 1. The topological polar surface area (TPSA) is 67.4 Å². The van der Waals surface area contributed by atoms with Crippen LogP contribution in [-0.2, 0) is 11.3 Å². The molecule has 0 spiro atoms. The Morgan fingerprint density at radius 2 is 1.84 bits per heavy atom. The lowest BCUT2D eigenvalue weighted by Crippen LogP contribution is -2.49. The summed E-state index contributed by atoms with van der Waals surface area (Å²) in [5, 5.41) is 0.0228. The number of halogens is 3. The van der Waals surface area contributed by atoms with Crippen molar-refractivity contribution in [2.24, 2.45) is 5.73 Å². The van der Waals surface area contributed by atoms with Gasteiger partial charge >= 0.3 is 0 Å². The maximum Gasteiger partial charge on any atom is 0.246 e. The second kappa shape index (κ2) is 8.03. The number of hydrogen-bond donors (Lipinski definition) is 1. The van der Waals surface area contributed by atoms with Crippen molar-refractivity contribution in [1.29, 1.82) is 0 Å². The van der Waals surface area contributed by atoms with Crippen LogP contribution in [0.3, 0.4) is 0 Å². The van der Waals surface area contributed by atoms with Crippen molar-refractivity contribution in [1.82, 2.24) is 14.5 Å². The van der Waals surface area contributed by atoms with E-state index in [4.69, 9.17) is 22.3 Å². The van der Waals surface area contributed by atoms with Gasteiger partial charge in [-0.05, 0) is 56.3 Å². The van der Waals surface area contributed by atoms with Crippen molar-refractivity contribution in [3.8, 4) is 11.3 Å². The van der Waals surface area contributed by atoms with E-state index in [2.05, 4.69) is 0 Å². The summed E-state index contributed by atoms with van der Waals surface area (Å²) in [5.74, 6) is 0.0508. The van der Waals surface area contributed by atoms with Gasteiger partial charge in [0.05, 0.1) is 17.1 Å². The highest BCUT2D eigenvalue weighted by Crippen LogP contribution is 2.37. The van der Waals surface area contributed by atoms with Crippen LogP contribution >= 0.6 is 11.6 Å². The number of anilines is 2. The van der Waals surface area contributed by atoms with Crippen LogP contribution in [0.5, 0.6) is 0 Å². The number of nitrogens with zero attached hydrogens (tertiary/aromatic N) is 4. The molecule has 6 nitrogen and oxygen atoms in total. The van der Waals surface area contributed by atoms with E-state index in [1.807, 2.05) is 4.57 Å². The molecule has 2 heterocycles. The van der Waals surface area contributed by atoms with Crippen LogP contribution in [-0.4, -0.2) is 32.9 Å². The van der Waals surface area contributed by atoms with Crippen molar-refractivity contribution in [2.45, 2.75) is 25.9 Å². The van der Waals surface area contributed by atoms with Gasteiger partial charge in [0.2, 0.25) is 5.91 Å². The molecule has 166 valence electrons. The van der Waals surface area contributed by atoms with E-state index >= 15 is 0 Å². The molecular formula is C23H22ClF2N5O. The third-order valence-electron chi connectivity index (χ3n) is 5.20. The Labute approximate surface area is 189 Å². The lowest BCUT2D eigenvalue weighted by molar-refractivity contribution is -0.133. The maximum absolute atomic E-state index is 14.1. The Morgan fingerprint density at radius 3 is 2.47 bits per heavy atom. The summed E-state index contributed by atoms with van der Waals surface area (Å²) in [6, 6.07) is 10.4. The first-order chi connectivity index (χ1) is 15.1. The zero-order valence-electron chi connectivity index (χ0n) is 17.8. The molecule has 9 heteroatoms. The lowest BCUT2D eigenvalue weighted by Gasteiger charge is -2.29. The number of imidazole rings is 1. The fourth-order valence-electron chi connectivity index (χ4n) is 3.54. The van der Waals surface area contributed by atoms with Crippen LogP contribution < -0.4 is 10.6 Å². The van der Waals surface area contributed by atoms with E-state index in [0.29, 0.717) is 28.6 Å². The monoisotopic (exact) mass is 457 g/mol. The molecule has 4 rings (SSSR count). The summed E-state index contributed by atoms with van der Waals surface area (Å²) in [6.07, 6.45) is 3.35. The average Bonchev–Trinajstić information content (AvgIpc) is 3.13. The van der Waals surface area contributed by atoms with E-state index in [0.717, 1.165) is 0 Å². The zero-order valence-corrected chi connectivity index (χ0v) is 18.6. The predicted octanol–water partition coefficient (Wildman–Crippen LogP) is 4.76. The summed E-state index contributed by atoms with van der Waals surface area (Å²) in [7, 11) is 1.77. The number of amides is 1. The SMILES string of the molecule is CN(c1ccc(Cl)c(F)c1)c1c(-c2ccc(F)cc2)nc2n1C=CN(C(=O)C(C)(C)N)C2. The molecule has 3 aromatic rings. The molecule has 0 unspecified atom stereocenters. The van der Waals surface area contributed by atoms with Gasteiger partial charge in [0, 0.05) is 30.7 Å². The highest BCUT2D eigenvalue weighted by atomic mass is 35.5.